The van der Waals surface area contributed by atoms with Crippen LogP contribution in [0.25, 0.3) is 0 Å². The van der Waals surface area contributed by atoms with Crippen molar-refractivity contribution in [2.24, 2.45) is 0 Å². The molecule has 2 aromatic rings. The maximum absolute atomic E-state index is 13.4. The SMILES string of the molecule is CNCc1cccc(Oc2ccc(F)cc2F)n1. The van der Waals surface area contributed by atoms with Gasteiger partial charge in [-0.15, -0.1) is 0 Å². The minimum atomic E-state index is -0.754. The Balaban J connectivity index is 2.20. The Labute approximate surface area is 103 Å². The lowest BCUT2D eigenvalue weighted by Gasteiger charge is -2.07. The summed E-state index contributed by atoms with van der Waals surface area (Å²) in [7, 11) is 1.80. The van der Waals surface area contributed by atoms with E-state index in [0.29, 0.717) is 6.54 Å². The number of nitrogens with zero attached hydrogens (tertiary/aromatic N) is 1. The fourth-order valence-electron chi connectivity index (χ4n) is 1.46. The monoisotopic (exact) mass is 250 g/mol. The number of aromatic nitrogens is 1. The van der Waals surface area contributed by atoms with Gasteiger partial charge < -0.3 is 10.1 Å². The molecule has 0 saturated heterocycles. The van der Waals surface area contributed by atoms with Crippen molar-refractivity contribution in [2.75, 3.05) is 7.05 Å². The second kappa shape index (κ2) is 5.55. The zero-order valence-corrected chi connectivity index (χ0v) is 9.78. The highest BCUT2D eigenvalue weighted by atomic mass is 19.1. The van der Waals surface area contributed by atoms with Gasteiger partial charge in [-0.1, -0.05) is 6.07 Å². The number of pyridine rings is 1. The fourth-order valence-corrected chi connectivity index (χ4v) is 1.46. The maximum atomic E-state index is 13.4. The van der Waals surface area contributed by atoms with E-state index in [-0.39, 0.29) is 11.6 Å². The largest absolute Gasteiger partial charge is 0.436 e. The van der Waals surface area contributed by atoms with Gasteiger partial charge in [-0.25, -0.2) is 13.8 Å². The number of rotatable bonds is 4. The van der Waals surface area contributed by atoms with Crippen LogP contribution in [0.4, 0.5) is 8.78 Å². The van der Waals surface area contributed by atoms with E-state index in [2.05, 4.69) is 10.3 Å². The molecule has 0 aliphatic rings. The maximum Gasteiger partial charge on any atom is 0.219 e. The molecule has 0 saturated carbocycles. The van der Waals surface area contributed by atoms with E-state index >= 15 is 0 Å². The molecule has 1 aromatic carbocycles. The first kappa shape index (κ1) is 12.4. The van der Waals surface area contributed by atoms with E-state index in [9.17, 15) is 8.78 Å². The molecule has 18 heavy (non-hydrogen) atoms. The third-order valence-electron chi connectivity index (χ3n) is 2.25. The summed E-state index contributed by atoms with van der Waals surface area (Å²) in [5, 5.41) is 2.95. The molecule has 0 atom stereocenters. The zero-order valence-electron chi connectivity index (χ0n) is 9.78. The van der Waals surface area contributed by atoms with Crippen LogP contribution in [-0.4, -0.2) is 12.0 Å². The molecular weight excluding hydrogens is 238 g/mol. The summed E-state index contributed by atoms with van der Waals surface area (Å²) < 4.78 is 31.4. The van der Waals surface area contributed by atoms with Crippen LogP contribution in [-0.2, 0) is 6.54 Å². The van der Waals surface area contributed by atoms with Gasteiger partial charge in [-0.05, 0) is 25.2 Å². The first-order chi connectivity index (χ1) is 8.69. The van der Waals surface area contributed by atoms with Gasteiger partial charge >= 0.3 is 0 Å². The van der Waals surface area contributed by atoms with Crippen LogP contribution in [0.2, 0.25) is 0 Å². The van der Waals surface area contributed by atoms with Crippen LogP contribution in [0.3, 0.4) is 0 Å². The minimum Gasteiger partial charge on any atom is -0.436 e. The molecule has 0 spiro atoms. The van der Waals surface area contributed by atoms with Crippen LogP contribution < -0.4 is 10.1 Å². The average molecular weight is 250 g/mol. The molecule has 1 heterocycles. The van der Waals surface area contributed by atoms with E-state index in [1.54, 1.807) is 19.2 Å². The minimum absolute atomic E-state index is 0.0505. The van der Waals surface area contributed by atoms with Crippen molar-refractivity contribution < 1.29 is 13.5 Å². The molecule has 0 unspecified atom stereocenters. The molecule has 0 aliphatic carbocycles. The molecule has 2 rings (SSSR count). The smallest absolute Gasteiger partial charge is 0.219 e. The van der Waals surface area contributed by atoms with Crippen molar-refractivity contribution in [3.63, 3.8) is 0 Å². The normalized spacial score (nSPS) is 10.4. The van der Waals surface area contributed by atoms with Gasteiger partial charge in [-0.2, -0.15) is 0 Å². The van der Waals surface area contributed by atoms with Gasteiger partial charge in [0.05, 0.1) is 5.69 Å². The molecule has 1 aromatic heterocycles. The summed E-state index contributed by atoms with van der Waals surface area (Å²) in [5.41, 5.74) is 0.775. The van der Waals surface area contributed by atoms with E-state index in [1.807, 2.05) is 6.07 Å². The van der Waals surface area contributed by atoms with Crippen LogP contribution >= 0.6 is 0 Å². The molecule has 3 nitrogen and oxygen atoms in total. The Morgan fingerprint density at radius 1 is 1.22 bits per heavy atom. The van der Waals surface area contributed by atoms with Crippen LogP contribution in [0.5, 0.6) is 11.6 Å². The molecule has 1 N–H and O–H groups in total. The molecule has 0 aliphatic heterocycles. The molecule has 0 fully saturated rings. The average Bonchev–Trinajstić information content (AvgIpc) is 2.34. The van der Waals surface area contributed by atoms with E-state index < -0.39 is 11.6 Å². The number of hydrogen-bond acceptors (Lipinski definition) is 3. The number of hydrogen-bond donors (Lipinski definition) is 1. The van der Waals surface area contributed by atoms with E-state index in [1.165, 1.54) is 6.07 Å². The van der Waals surface area contributed by atoms with E-state index in [0.717, 1.165) is 17.8 Å². The predicted octanol–water partition coefficient (Wildman–Crippen LogP) is 2.87. The van der Waals surface area contributed by atoms with Crippen molar-refractivity contribution in [1.82, 2.24) is 10.3 Å². The summed E-state index contributed by atoms with van der Waals surface area (Å²) in [6.45, 7) is 0.586. The third kappa shape index (κ3) is 3.01. The third-order valence-corrected chi connectivity index (χ3v) is 2.25. The Bertz CT molecular complexity index is 546. The lowest BCUT2D eigenvalue weighted by molar-refractivity contribution is 0.422. The van der Waals surface area contributed by atoms with Crippen molar-refractivity contribution in [3.8, 4) is 11.6 Å². The van der Waals surface area contributed by atoms with Crippen molar-refractivity contribution in [3.05, 3.63) is 53.7 Å². The second-order valence-electron chi connectivity index (χ2n) is 3.67. The lowest BCUT2D eigenvalue weighted by atomic mass is 10.3. The highest BCUT2D eigenvalue weighted by Gasteiger charge is 2.07. The summed E-state index contributed by atoms with van der Waals surface area (Å²) >= 11 is 0. The van der Waals surface area contributed by atoms with E-state index in [4.69, 9.17) is 4.74 Å². The van der Waals surface area contributed by atoms with Gasteiger partial charge in [-0.3, -0.25) is 0 Å². The standard InChI is InChI=1S/C13H12F2N2O/c1-16-8-10-3-2-4-13(17-10)18-12-6-5-9(14)7-11(12)15/h2-7,16H,8H2,1H3. The Hall–Kier alpha value is -2.01. The number of nitrogens with one attached hydrogen (secondary N) is 1. The Morgan fingerprint density at radius 3 is 2.78 bits per heavy atom. The molecule has 5 heteroatoms. The Kier molecular flexibility index (Phi) is 3.84. The van der Waals surface area contributed by atoms with Gasteiger partial charge in [0.15, 0.2) is 11.6 Å². The van der Waals surface area contributed by atoms with Gasteiger partial charge in [0, 0.05) is 18.7 Å². The number of ether oxygens (including phenoxy) is 1. The Morgan fingerprint density at radius 2 is 2.06 bits per heavy atom. The number of benzene rings is 1. The van der Waals surface area contributed by atoms with Crippen molar-refractivity contribution >= 4 is 0 Å². The molecule has 94 valence electrons. The predicted molar refractivity (Wildman–Crippen MR) is 63.4 cm³/mol. The highest BCUT2D eigenvalue weighted by Crippen LogP contribution is 2.23. The van der Waals surface area contributed by atoms with Gasteiger partial charge in [0.1, 0.15) is 5.82 Å². The highest BCUT2D eigenvalue weighted by molar-refractivity contribution is 5.29. The summed E-state index contributed by atoms with van der Waals surface area (Å²) in [6, 6.07) is 8.34. The van der Waals surface area contributed by atoms with Crippen LogP contribution in [0.15, 0.2) is 36.4 Å². The first-order valence-electron chi connectivity index (χ1n) is 5.42. The molecule has 0 amide bonds. The summed E-state index contributed by atoms with van der Waals surface area (Å²) in [5.74, 6) is -1.17. The second-order valence-corrected chi connectivity index (χ2v) is 3.67. The lowest BCUT2D eigenvalue weighted by Crippen LogP contribution is -2.07. The van der Waals surface area contributed by atoms with Crippen molar-refractivity contribution in [1.29, 1.82) is 0 Å². The fraction of sp³-hybridized carbons (Fsp3) is 0.154. The van der Waals surface area contributed by atoms with Crippen LogP contribution in [0.1, 0.15) is 5.69 Å². The molecular formula is C13H12F2N2O. The topological polar surface area (TPSA) is 34.1 Å². The molecule has 0 radical (unpaired) electrons. The first-order valence-corrected chi connectivity index (χ1v) is 5.42. The van der Waals surface area contributed by atoms with Crippen LogP contribution in [0, 0.1) is 11.6 Å². The molecule has 0 bridgehead atoms. The summed E-state index contributed by atoms with van der Waals surface area (Å²) in [4.78, 5) is 4.18. The summed E-state index contributed by atoms with van der Waals surface area (Å²) in [6.07, 6.45) is 0. The number of halogens is 2. The quantitative estimate of drug-likeness (QED) is 0.906. The van der Waals surface area contributed by atoms with Gasteiger partial charge in [0.2, 0.25) is 5.88 Å². The van der Waals surface area contributed by atoms with Crippen molar-refractivity contribution in [2.45, 2.75) is 6.54 Å². The zero-order chi connectivity index (χ0) is 13.0. The van der Waals surface area contributed by atoms with Gasteiger partial charge in [0.25, 0.3) is 0 Å².